The number of rotatable bonds is 3. The number of pyridine rings is 1. The summed E-state index contributed by atoms with van der Waals surface area (Å²) in [4.78, 5) is 32.4. The molecule has 1 aliphatic rings. The first-order valence-corrected chi connectivity index (χ1v) is 7.97. The summed E-state index contributed by atoms with van der Waals surface area (Å²) in [5.74, 6) is -0.0418. The van der Waals surface area contributed by atoms with Crippen molar-refractivity contribution in [2.75, 3.05) is 23.8 Å². The van der Waals surface area contributed by atoms with Crippen molar-refractivity contribution in [3.8, 4) is 0 Å². The van der Waals surface area contributed by atoms with E-state index in [9.17, 15) is 9.59 Å². The molecule has 124 valence electrons. The van der Waals surface area contributed by atoms with Crippen LogP contribution in [0.1, 0.15) is 12.8 Å². The Kier molecular flexibility index (Phi) is 4.74. The first-order chi connectivity index (χ1) is 11.7. The lowest BCUT2D eigenvalue weighted by Crippen LogP contribution is -2.53. The molecular formula is C18H20N4O2. The van der Waals surface area contributed by atoms with Crippen LogP contribution in [0.5, 0.6) is 0 Å². The molecular weight excluding hydrogens is 304 g/mol. The predicted molar refractivity (Wildman–Crippen MR) is 92.8 cm³/mol. The van der Waals surface area contributed by atoms with Crippen LogP contribution >= 0.6 is 0 Å². The lowest BCUT2D eigenvalue weighted by atomic mass is 10.0. The molecule has 1 saturated heterocycles. The molecule has 1 aromatic heterocycles. The summed E-state index contributed by atoms with van der Waals surface area (Å²) in [7, 11) is 1.66. The van der Waals surface area contributed by atoms with E-state index in [-0.39, 0.29) is 11.9 Å². The van der Waals surface area contributed by atoms with Gasteiger partial charge in [0.05, 0.1) is 0 Å². The molecule has 1 N–H and O–H groups in total. The Morgan fingerprint density at radius 2 is 1.92 bits per heavy atom. The van der Waals surface area contributed by atoms with Crippen LogP contribution in [-0.4, -0.2) is 41.5 Å². The van der Waals surface area contributed by atoms with Crippen LogP contribution < -0.4 is 10.2 Å². The highest BCUT2D eigenvalue weighted by molar-refractivity contribution is 6.01. The Bertz CT molecular complexity index is 705. The summed E-state index contributed by atoms with van der Waals surface area (Å²) in [6, 6.07) is 12.2. The van der Waals surface area contributed by atoms with E-state index in [0.717, 1.165) is 12.1 Å². The number of hydrogen-bond acceptors (Lipinski definition) is 3. The summed E-state index contributed by atoms with van der Waals surface area (Å²) in [5, 5.41) is 2.79. The number of hydrogen-bond donors (Lipinski definition) is 1. The van der Waals surface area contributed by atoms with Crippen molar-refractivity contribution in [3.05, 3.63) is 54.9 Å². The van der Waals surface area contributed by atoms with Crippen molar-refractivity contribution in [2.45, 2.75) is 18.9 Å². The lowest BCUT2D eigenvalue weighted by Gasteiger charge is -2.36. The van der Waals surface area contributed by atoms with E-state index in [0.29, 0.717) is 18.7 Å². The molecule has 0 spiro atoms. The Balaban J connectivity index is 1.71. The number of anilines is 2. The number of amides is 3. The van der Waals surface area contributed by atoms with Crippen LogP contribution in [0.2, 0.25) is 0 Å². The van der Waals surface area contributed by atoms with Gasteiger partial charge in [0.15, 0.2) is 0 Å². The topological polar surface area (TPSA) is 65.5 Å². The standard InChI is InChI=1S/C18H20N4O2/c1-21(18(24)20-14-9-11-19-12-10-14)16-8-5-13-22(17(16)23)15-6-3-2-4-7-15/h2-4,6-7,9-12,16H,5,8,13H2,1H3,(H,19,20,24). The second kappa shape index (κ2) is 7.12. The Hall–Kier alpha value is -2.89. The Morgan fingerprint density at radius 1 is 1.21 bits per heavy atom. The fraction of sp³-hybridized carbons (Fsp3) is 0.278. The first-order valence-electron chi connectivity index (χ1n) is 7.97. The van der Waals surface area contributed by atoms with E-state index in [2.05, 4.69) is 10.3 Å². The number of likely N-dealkylation sites (N-methyl/N-ethyl adjacent to an activating group) is 1. The van der Waals surface area contributed by atoms with E-state index in [4.69, 9.17) is 0 Å². The van der Waals surface area contributed by atoms with Crippen molar-refractivity contribution in [2.24, 2.45) is 0 Å². The number of aromatic nitrogens is 1. The number of piperidine rings is 1. The number of urea groups is 1. The molecule has 1 atom stereocenters. The number of benzene rings is 1. The average molecular weight is 324 g/mol. The minimum Gasteiger partial charge on any atom is -0.316 e. The van der Waals surface area contributed by atoms with Crippen LogP contribution in [0.15, 0.2) is 54.9 Å². The monoisotopic (exact) mass is 324 g/mol. The number of para-hydroxylation sites is 1. The maximum Gasteiger partial charge on any atom is 0.322 e. The van der Waals surface area contributed by atoms with E-state index in [1.807, 2.05) is 30.3 Å². The molecule has 0 saturated carbocycles. The highest BCUT2D eigenvalue weighted by Gasteiger charge is 2.34. The van der Waals surface area contributed by atoms with Crippen LogP contribution in [-0.2, 0) is 4.79 Å². The summed E-state index contributed by atoms with van der Waals surface area (Å²) >= 11 is 0. The van der Waals surface area contributed by atoms with Crippen molar-refractivity contribution < 1.29 is 9.59 Å². The van der Waals surface area contributed by atoms with E-state index < -0.39 is 6.04 Å². The Morgan fingerprint density at radius 3 is 2.62 bits per heavy atom. The van der Waals surface area contributed by atoms with Gasteiger partial charge in [0.1, 0.15) is 6.04 Å². The zero-order chi connectivity index (χ0) is 16.9. The fourth-order valence-corrected chi connectivity index (χ4v) is 2.87. The number of nitrogens with zero attached hydrogens (tertiary/aromatic N) is 3. The molecule has 1 fully saturated rings. The van der Waals surface area contributed by atoms with E-state index in [1.54, 1.807) is 36.5 Å². The first kappa shape index (κ1) is 16.0. The highest BCUT2D eigenvalue weighted by atomic mass is 16.2. The largest absolute Gasteiger partial charge is 0.322 e. The SMILES string of the molecule is CN(C(=O)Nc1ccncc1)C1CCCN(c2ccccc2)C1=O. The van der Waals surface area contributed by atoms with Gasteiger partial charge in [-0.1, -0.05) is 18.2 Å². The van der Waals surface area contributed by atoms with E-state index in [1.165, 1.54) is 4.90 Å². The van der Waals surface area contributed by atoms with Crippen LogP contribution in [0.4, 0.5) is 16.2 Å². The molecule has 2 aromatic rings. The van der Waals surface area contributed by atoms with Crippen molar-refractivity contribution >= 4 is 23.3 Å². The van der Waals surface area contributed by atoms with Crippen molar-refractivity contribution in [1.29, 1.82) is 0 Å². The van der Waals surface area contributed by atoms with Gasteiger partial charge in [-0.2, -0.15) is 0 Å². The van der Waals surface area contributed by atoms with Gasteiger partial charge in [0.2, 0.25) is 5.91 Å². The van der Waals surface area contributed by atoms with Gasteiger partial charge < -0.3 is 15.1 Å². The molecule has 3 amide bonds. The second-order valence-electron chi connectivity index (χ2n) is 5.76. The van der Waals surface area contributed by atoms with Gasteiger partial charge in [0, 0.05) is 37.4 Å². The smallest absolute Gasteiger partial charge is 0.316 e. The third kappa shape index (κ3) is 3.37. The minimum absolute atomic E-state index is 0.0418. The zero-order valence-corrected chi connectivity index (χ0v) is 13.6. The minimum atomic E-state index is -0.458. The number of carbonyl (C=O) groups is 2. The zero-order valence-electron chi connectivity index (χ0n) is 13.6. The molecule has 0 radical (unpaired) electrons. The maximum atomic E-state index is 12.8. The van der Waals surface area contributed by atoms with Gasteiger partial charge in [-0.05, 0) is 37.1 Å². The molecule has 6 nitrogen and oxygen atoms in total. The number of nitrogens with one attached hydrogen (secondary N) is 1. The van der Waals surface area contributed by atoms with Crippen LogP contribution in [0.3, 0.4) is 0 Å². The molecule has 3 rings (SSSR count). The van der Waals surface area contributed by atoms with Crippen LogP contribution in [0.25, 0.3) is 0 Å². The third-order valence-corrected chi connectivity index (χ3v) is 4.20. The van der Waals surface area contributed by atoms with Gasteiger partial charge in [-0.25, -0.2) is 4.79 Å². The predicted octanol–water partition coefficient (Wildman–Crippen LogP) is 2.74. The molecule has 1 unspecified atom stereocenters. The van der Waals surface area contributed by atoms with Crippen LogP contribution in [0, 0.1) is 0 Å². The number of carbonyl (C=O) groups excluding carboxylic acids is 2. The Labute approximate surface area is 141 Å². The average Bonchev–Trinajstić information content (AvgIpc) is 2.63. The van der Waals surface area contributed by atoms with Crippen molar-refractivity contribution in [1.82, 2.24) is 9.88 Å². The summed E-state index contributed by atoms with van der Waals surface area (Å²) in [6.07, 6.45) is 4.75. The summed E-state index contributed by atoms with van der Waals surface area (Å²) in [6.45, 7) is 0.680. The van der Waals surface area contributed by atoms with E-state index >= 15 is 0 Å². The van der Waals surface area contributed by atoms with Gasteiger partial charge in [-0.15, -0.1) is 0 Å². The second-order valence-corrected chi connectivity index (χ2v) is 5.76. The van der Waals surface area contributed by atoms with Gasteiger partial charge in [-0.3, -0.25) is 9.78 Å². The van der Waals surface area contributed by atoms with Gasteiger partial charge >= 0.3 is 6.03 Å². The molecule has 0 aliphatic carbocycles. The summed E-state index contributed by atoms with van der Waals surface area (Å²) < 4.78 is 0. The third-order valence-electron chi connectivity index (χ3n) is 4.20. The molecule has 24 heavy (non-hydrogen) atoms. The van der Waals surface area contributed by atoms with Gasteiger partial charge in [0.25, 0.3) is 0 Å². The lowest BCUT2D eigenvalue weighted by molar-refractivity contribution is -0.123. The fourth-order valence-electron chi connectivity index (χ4n) is 2.87. The molecule has 6 heteroatoms. The maximum absolute atomic E-state index is 12.8. The quantitative estimate of drug-likeness (QED) is 0.944. The normalized spacial score (nSPS) is 17.5. The molecule has 0 bridgehead atoms. The highest BCUT2D eigenvalue weighted by Crippen LogP contribution is 2.23. The molecule has 1 aliphatic heterocycles. The molecule has 2 heterocycles. The van der Waals surface area contributed by atoms with Crippen molar-refractivity contribution in [3.63, 3.8) is 0 Å². The summed E-state index contributed by atoms with van der Waals surface area (Å²) in [5.41, 5.74) is 1.53. The molecule has 1 aromatic carbocycles.